The average Bonchev–Trinajstić information content (AvgIpc) is 2.49. The molecule has 0 aromatic heterocycles. The minimum atomic E-state index is -0.346. The van der Waals surface area contributed by atoms with E-state index in [4.69, 9.17) is 5.73 Å². The first-order chi connectivity index (χ1) is 10.4. The summed E-state index contributed by atoms with van der Waals surface area (Å²) in [5.41, 5.74) is 7.29. The van der Waals surface area contributed by atoms with Crippen LogP contribution in [0.3, 0.4) is 0 Å². The molecule has 0 radical (unpaired) electrons. The van der Waals surface area contributed by atoms with Gasteiger partial charge in [0.2, 0.25) is 5.91 Å². The first kappa shape index (κ1) is 17.0. The summed E-state index contributed by atoms with van der Waals surface area (Å²) in [6.07, 6.45) is 1.72. The monoisotopic (exact) mass is 303 g/mol. The largest absolute Gasteiger partial charge is 0.338 e. The second-order valence-corrected chi connectivity index (χ2v) is 6.87. The van der Waals surface area contributed by atoms with Gasteiger partial charge in [0.05, 0.1) is 6.04 Å². The third kappa shape index (κ3) is 4.08. The van der Waals surface area contributed by atoms with E-state index >= 15 is 0 Å². The molecule has 1 aromatic carbocycles. The van der Waals surface area contributed by atoms with Crippen molar-refractivity contribution in [3.05, 3.63) is 35.9 Å². The molecule has 1 amide bonds. The molecule has 4 nitrogen and oxygen atoms in total. The molecule has 1 fully saturated rings. The van der Waals surface area contributed by atoms with Crippen LogP contribution >= 0.6 is 0 Å². The summed E-state index contributed by atoms with van der Waals surface area (Å²) < 4.78 is 0. The Morgan fingerprint density at radius 3 is 2.55 bits per heavy atom. The summed E-state index contributed by atoms with van der Waals surface area (Å²) in [5, 5.41) is 0. The summed E-state index contributed by atoms with van der Waals surface area (Å²) >= 11 is 0. The lowest BCUT2D eigenvalue weighted by molar-refractivity contribution is -0.138. The van der Waals surface area contributed by atoms with Crippen molar-refractivity contribution in [2.45, 2.75) is 51.7 Å². The highest BCUT2D eigenvalue weighted by atomic mass is 16.2. The lowest BCUT2D eigenvalue weighted by Gasteiger charge is -2.47. The number of amides is 1. The smallest absolute Gasteiger partial charge is 0.239 e. The molecule has 2 N–H and O–H groups in total. The van der Waals surface area contributed by atoms with Gasteiger partial charge in [0.1, 0.15) is 0 Å². The average molecular weight is 303 g/mol. The standard InChI is InChI=1S/C18H29N3O/c1-4-8-16(19)17(22)20-11-12-21(18(2,3)14-20)13-15-9-6-5-7-10-15/h5-7,9-10,16H,4,8,11-14,19H2,1-3H3. The van der Waals surface area contributed by atoms with Gasteiger partial charge in [-0.05, 0) is 25.8 Å². The maximum absolute atomic E-state index is 12.4. The van der Waals surface area contributed by atoms with Crippen LogP contribution in [0, 0.1) is 0 Å². The van der Waals surface area contributed by atoms with Crippen LogP contribution in [-0.4, -0.2) is 46.9 Å². The van der Waals surface area contributed by atoms with Gasteiger partial charge in [-0.15, -0.1) is 0 Å². The van der Waals surface area contributed by atoms with E-state index in [9.17, 15) is 4.79 Å². The minimum absolute atomic E-state index is 0.0321. The molecule has 122 valence electrons. The van der Waals surface area contributed by atoms with E-state index in [0.29, 0.717) is 0 Å². The summed E-state index contributed by atoms with van der Waals surface area (Å²) in [6, 6.07) is 10.2. The normalized spacial score (nSPS) is 19.9. The SMILES string of the molecule is CCCC(N)C(=O)N1CCN(Cc2ccccc2)C(C)(C)C1. The van der Waals surface area contributed by atoms with Crippen molar-refractivity contribution in [2.24, 2.45) is 5.73 Å². The molecule has 1 atom stereocenters. The molecule has 0 aliphatic carbocycles. The molecule has 1 unspecified atom stereocenters. The van der Waals surface area contributed by atoms with Crippen molar-refractivity contribution in [1.82, 2.24) is 9.80 Å². The van der Waals surface area contributed by atoms with E-state index in [1.165, 1.54) is 5.56 Å². The van der Waals surface area contributed by atoms with Crippen LogP contribution in [0.25, 0.3) is 0 Å². The van der Waals surface area contributed by atoms with Gasteiger partial charge in [-0.2, -0.15) is 0 Å². The highest BCUT2D eigenvalue weighted by Crippen LogP contribution is 2.23. The van der Waals surface area contributed by atoms with Crippen molar-refractivity contribution in [2.75, 3.05) is 19.6 Å². The molecule has 22 heavy (non-hydrogen) atoms. The predicted octanol–water partition coefficient (Wildman–Crippen LogP) is 2.24. The van der Waals surface area contributed by atoms with Crippen molar-refractivity contribution < 1.29 is 4.79 Å². The third-order valence-corrected chi connectivity index (χ3v) is 4.52. The number of nitrogens with two attached hydrogens (primary N) is 1. The topological polar surface area (TPSA) is 49.6 Å². The molecule has 1 saturated heterocycles. The van der Waals surface area contributed by atoms with Crippen LogP contribution in [0.15, 0.2) is 30.3 Å². The van der Waals surface area contributed by atoms with Crippen LogP contribution in [0.1, 0.15) is 39.2 Å². The Labute approximate surface area is 134 Å². The first-order valence-electron chi connectivity index (χ1n) is 8.27. The van der Waals surface area contributed by atoms with E-state index in [-0.39, 0.29) is 17.5 Å². The van der Waals surface area contributed by atoms with Crippen molar-refractivity contribution in [1.29, 1.82) is 0 Å². The lowest BCUT2D eigenvalue weighted by Crippen LogP contribution is -2.61. The van der Waals surface area contributed by atoms with Crippen molar-refractivity contribution >= 4 is 5.91 Å². The Morgan fingerprint density at radius 1 is 1.27 bits per heavy atom. The molecule has 1 aliphatic heterocycles. The van der Waals surface area contributed by atoms with Gasteiger partial charge in [0, 0.05) is 31.7 Å². The number of benzene rings is 1. The van der Waals surface area contributed by atoms with Gasteiger partial charge in [-0.25, -0.2) is 0 Å². The Hall–Kier alpha value is -1.39. The van der Waals surface area contributed by atoms with Gasteiger partial charge in [-0.3, -0.25) is 9.69 Å². The van der Waals surface area contributed by atoms with Gasteiger partial charge in [0.25, 0.3) is 0 Å². The second kappa shape index (κ2) is 7.25. The van der Waals surface area contributed by atoms with E-state index in [1.54, 1.807) is 0 Å². The molecule has 0 saturated carbocycles. The molecule has 0 spiro atoms. The summed E-state index contributed by atoms with van der Waals surface area (Å²) in [4.78, 5) is 16.8. The molecule has 1 heterocycles. The van der Waals surface area contributed by atoms with Crippen LogP contribution in [-0.2, 0) is 11.3 Å². The fourth-order valence-electron chi connectivity index (χ4n) is 3.14. The Kier molecular flexibility index (Phi) is 5.59. The number of carbonyl (C=O) groups excluding carboxylic acids is 1. The van der Waals surface area contributed by atoms with Crippen LogP contribution < -0.4 is 5.73 Å². The fourth-order valence-corrected chi connectivity index (χ4v) is 3.14. The van der Waals surface area contributed by atoms with E-state index < -0.39 is 0 Å². The lowest BCUT2D eigenvalue weighted by atomic mass is 9.97. The fraction of sp³-hybridized carbons (Fsp3) is 0.611. The van der Waals surface area contributed by atoms with E-state index in [0.717, 1.165) is 39.0 Å². The van der Waals surface area contributed by atoms with E-state index in [1.807, 2.05) is 11.0 Å². The number of hydrogen-bond acceptors (Lipinski definition) is 3. The minimum Gasteiger partial charge on any atom is -0.338 e. The van der Waals surface area contributed by atoms with Crippen LogP contribution in [0.2, 0.25) is 0 Å². The summed E-state index contributed by atoms with van der Waals surface area (Å²) in [5.74, 6) is 0.106. The number of nitrogens with zero attached hydrogens (tertiary/aromatic N) is 2. The number of piperazine rings is 1. The van der Waals surface area contributed by atoms with Gasteiger partial charge in [-0.1, -0.05) is 43.7 Å². The van der Waals surface area contributed by atoms with E-state index in [2.05, 4.69) is 49.9 Å². The molecule has 4 heteroatoms. The zero-order valence-electron chi connectivity index (χ0n) is 14.1. The number of hydrogen-bond donors (Lipinski definition) is 1. The zero-order chi connectivity index (χ0) is 16.2. The van der Waals surface area contributed by atoms with Gasteiger partial charge < -0.3 is 10.6 Å². The van der Waals surface area contributed by atoms with Crippen LogP contribution in [0.5, 0.6) is 0 Å². The Morgan fingerprint density at radius 2 is 1.95 bits per heavy atom. The molecular formula is C18H29N3O. The predicted molar refractivity (Wildman–Crippen MR) is 90.4 cm³/mol. The molecule has 2 rings (SSSR count). The molecular weight excluding hydrogens is 274 g/mol. The quantitative estimate of drug-likeness (QED) is 0.907. The number of rotatable bonds is 5. The Bertz CT molecular complexity index is 486. The van der Waals surface area contributed by atoms with Gasteiger partial charge in [0.15, 0.2) is 0 Å². The second-order valence-electron chi connectivity index (χ2n) is 6.87. The highest BCUT2D eigenvalue weighted by Gasteiger charge is 2.36. The summed E-state index contributed by atoms with van der Waals surface area (Å²) in [7, 11) is 0. The maximum atomic E-state index is 12.4. The van der Waals surface area contributed by atoms with Crippen molar-refractivity contribution in [3.8, 4) is 0 Å². The maximum Gasteiger partial charge on any atom is 0.239 e. The molecule has 1 aromatic rings. The Balaban J connectivity index is 1.98. The summed E-state index contributed by atoms with van der Waals surface area (Å²) in [6.45, 7) is 9.82. The number of carbonyl (C=O) groups is 1. The molecule has 1 aliphatic rings. The van der Waals surface area contributed by atoms with Crippen LogP contribution in [0.4, 0.5) is 0 Å². The molecule has 0 bridgehead atoms. The first-order valence-corrected chi connectivity index (χ1v) is 8.27. The van der Waals surface area contributed by atoms with Gasteiger partial charge >= 0.3 is 0 Å². The van der Waals surface area contributed by atoms with Crippen molar-refractivity contribution in [3.63, 3.8) is 0 Å². The third-order valence-electron chi connectivity index (χ3n) is 4.52. The zero-order valence-corrected chi connectivity index (χ0v) is 14.1. The highest BCUT2D eigenvalue weighted by molar-refractivity contribution is 5.81.